The Labute approximate surface area is 246 Å². The Balaban J connectivity index is 1.56. The average molecular weight is 638 g/mol. The largest absolute Gasteiger partial charge is 0.439 e. The van der Waals surface area contributed by atoms with E-state index in [2.05, 4.69) is 0 Å². The molecule has 2 N–H and O–H groups in total. The van der Waals surface area contributed by atoms with Gasteiger partial charge in [-0.3, -0.25) is 9.11 Å². The van der Waals surface area contributed by atoms with E-state index in [4.69, 9.17) is 20.8 Å². The molecule has 0 amide bonds. The molecule has 0 bridgehead atoms. The van der Waals surface area contributed by atoms with Crippen LogP contribution < -0.4 is 14.2 Å². The molecule has 0 spiro atoms. The molecular formula is C27H26ClN2O8S3+. The first-order valence-electron chi connectivity index (χ1n) is 12.5. The summed E-state index contributed by atoms with van der Waals surface area (Å²) in [6.45, 7) is 2.12. The van der Waals surface area contributed by atoms with Crippen molar-refractivity contribution in [2.45, 2.75) is 25.6 Å². The summed E-state index contributed by atoms with van der Waals surface area (Å²) in [7, 11) is -8.56. The number of ether oxygens (including phenoxy) is 1. The normalized spacial score (nSPS) is 15.1. The Morgan fingerprint density at radius 3 is 2.59 bits per heavy atom. The summed E-state index contributed by atoms with van der Waals surface area (Å²) in [4.78, 5) is 2.75. The van der Waals surface area contributed by atoms with Crippen LogP contribution in [0.25, 0.3) is 27.6 Å². The minimum atomic E-state index is -4.42. The van der Waals surface area contributed by atoms with Crippen molar-refractivity contribution >= 4 is 66.0 Å². The van der Waals surface area contributed by atoms with Crippen molar-refractivity contribution in [3.63, 3.8) is 0 Å². The van der Waals surface area contributed by atoms with E-state index in [0.717, 1.165) is 10.4 Å². The Kier molecular flexibility index (Phi) is 8.28. The van der Waals surface area contributed by atoms with E-state index in [1.54, 1.807) is 52.7 Å². The molecule has 14 heteroatoms. The summed E-state index contributed by atoms with van der Waals surface area (Å²) < 4.78 is 78.9. The van der Waals surface area contributed by atoms with Crippen LogP contribution in [-0.2, 0) is 26.1 Å². The van der Waals surface area contributed by atoms with Crippen LogP contribution >= 0.6 is 22.9 Å². The van der Waals surface area contributed by atoms with Crippen LogP contribution in [0.4, 0.5) is 5.69 Å². The fourth-order valence-electron chi connectivity index (χ4n) is 4.48. The van der Waals surface area contributed by atoms with Crippen molar-refractivity contribution < 1.29 is 39.7 Å². The molecule has 0 saturated carbocycles. The number of hydrogen-bond donors (Lipinski definition) is 2. The van der Waals surface area contributed by atoms with Crippen LogP contribution in [-0.4, -0.2) is 38.2 Å². The Morgan fingerprint density at radius 2 is 1.90 bits per heavy atom. The molecule has 0 unspecified atom stereocenters. The molecule has 41 heavy (non-hydrogen) atoms. The zero-order valence-electron chi connectivity index (χ0n) is 21.7. The lowest BCUT2D eigenvalue weighted by Crippen LogP contribution is -2.39. The number of allylic oxidation sites excluding steroid dienone is 2. The van der Waals surface area contributed by atoms with Crippen LogP contribution in [0.3, 0.4) is 0 Å². The first kappa shape index (κ1) is 29.3. The molecule has 10 nitrogen and oxygen atoms in total. The number of rotatable bonds is 10. The zero-order valence-corrected chi connectivity index (χ0v) is 24.9. The fourth-order valence-corrected chi connectivity index (χ4v) is 6.46. The van der Waals surface area contributed by atoms with Crippen LogP contribution in [0.1, 0.15) is 25.7 Å². The van der Waals surface area contributed by atoms with Gasteiger partial charge in [-0.15, -0.1) is 15.9 Å². The van der Waals surface area contributed by atoms with Crippen LogP contribution in [0.2, 0.25) is 5.02 Å². The van der Waals surface area contributed by atoms with Crippen molar-refractivity contribution in [3.05, 3.63) is 82.4 Å². The van der Waals surface area contributed by atoms with Gasteiger partial charge in [-0.25, -0.2) is 0 Å². The highest BCUT2D eigenvalue weighted by molar-refractivity contribution is 7.85. The molecule has 4 aromatic rings. The lowest BCUT2D eigenvalue weighted by molar-refractivity contribution is -0.658. The van der Waals surface area contributed by atoms with Gasteiger partial charge in [-0.2, -0.15) is 16.8 Å². The van der Waals surface area contributed by atoms with E-state index in [0.29, 0.717) is 45.4 Å². The summed E-state index contributed by atoms with van der Waals surface area (Å²) in [5, 5.41) is 2.41. The minimum absolute atomic E-state index is 0.126. The third-order valence-corrected chi connectivity index (χ3v) is 8.87. The van der Waals surface area contributed by atoms with Gasteiger partial charge < -0.3 is 14.1 Å². The lowest BCUT2D eigenvalue weighted by Gasteiger charge is -2.18. The quantitative estimate of drug-likeness (QED) is 0.164. The summed E-state index contributed by atoms with van der Waals surface area (Å²) in [5.41, 5.74) is 3.14. The first-order chi connectivity index (χ1) is 19.4. The maximum Gasteiger partial charge on any atom is 0.375 e. The molecule has 216 valence electrons. The molecule has 1 aliphatic rings. The van der Waals surface area contributed by atoms with E-state index >= 15 is 0 Å². The summed E-state index contributed by atoms with van der Waals surface area (Å²) in [6.07, 6.45) is 4.02. The average Bonchev–Trinajstić information content (AvgIpc) is 3.61. The maximum absolute atomic E-state index is 12.0. The predicted molar refractivity (Wildman–Crippen MR) is 158 cm³/mol. The van der Waals surface area contributed by atoms with E-state index < -0.39 is 31.9 Å². The molecule has 5 rings (SSSR count). The third kappa shape index (κ3) is 7.00. The van der Waals surface area contributed by atoms with Gasteiger partial charge in [0.1, 0.15) is 0 Å². The van der Waals surface area contributed by atoms with Crippen molar-refractivity contribution in [3.8, 4) is 16.2 Å². The number of anilines is 1. The van der Waals surface area contributed by atoms with Crippen molar-refractivity contribution in [2.75, 3.05) is 17.2 Å². The number of oxazole rings is 1. The van der Waals surface area contributed by atoms with Crippen LogP contribution in [0.5, 0.6) is 5.75 Å². The minimum Gasteiger partial charge on any atom is -0.439 e. The number of hydrogen-bond acceptors (Lipinski definition) is 8. The molecular weight excluding hydrogens is 612 g/mol. The number of aromatic nitrogens is 1. The molecule has 0 saturated heterocycles. The third-order valence-electron chi connectivity index (χ3n) is 6.33. The van der Waals surface area contributed by atoms with Gasteiger partial charge in [-0.1, -0.05) is 24.6 Å². The topological polar surface area (TPSA) is 138 Å². The monoisotopic (exact) mass is 637 g/mol. The zero-order chi connectivity index (χ0) is 29.4. The van der Waals surface area contributed by atoms with Crippen molar-refractivity contribution in [1.29, 1.82) is 0 Å². The second kappa shape index (κ2) is 11.6. The molecule has 3 heterocycles. The van der Waals surface area contributed by atoms with Crippen molar-refractivity contribution in [2.24, 2.45) is 0 Å². The Hall–Kier alpha value is -3.20. The molecule has 0 aliphatic carbocycles. The molecule has 1 aliphatic heterocycles. The highest BCUT2D eigenvalue weighted by Crippen LogP contribution is 2.41. The summed E-state index contributed by atoms with van der Waals surface area (Å²) in [6, 6.07) is 14.4. The molecule has 0 fully saturated rings. The number of nitrogens with zero attached hydrogens (tertiary/aromatic N) is 2. The van der Waals surface area contributed by atoms with Crippen molar-refractivity contribution in [1.82, 2.24) is 0 Å². The number of halogens is 1. The van der Waals surface area contributed by atoms with Gasteiger partial charge in [0, 0.05) is 28.6 Å². The van der Waals surface area contributed by atoms with E-state index in [1.807, 2.05) is 36.6 Å². The highest BCUT2D eigenvalue weighted by Gasteiger charge is 2.29. The second-order valence-corrected chi connectivity index (χ2v) is 13.7. The molecule has 2 aromatic heterocycles. The molecule has 2 aromatic carbocycles. The second-order valence-electron chi connectivity index (χ2n) is 9.30. The van der Waals surface area contributed by atoms with Crippen LogP contribution in [0.15, 0.2) is 75.9 Å². The molecule has 0 radical (unpaired) electrons. The van der Waals surface area contributed by atoms with Crippen LogP contribution in [0, 0.1) is 0 Å². The number of benzene rings is 2. The highest BCUT2D eigenvalue weighted by atomic mass is 35.5. The lowest BCUT2D eigenvalue weighted by atomic mass is 10.1. The van der Waals surface area contributed by atoms with Gasteiger partial charge in [-0.05, 0) is 65.8 Å². The smallest absolute Gasteiger partial charge is 0.375 e. The number of fused-ring (bicyclic) bond motifs is 2. The standard InChI is InChI=1S/C27H25ClN2O8S3/c1-2-18(13-26-29(10-4-12-40(31,32)33)22-16-20(28)7-9-24(22)37-26)14-27-30(17-41(34,35)36)21-15-19(6-8-23(21)38-27)25-5-3-11-39-25/h3,5-9,11,13-16H,2,4,10,12,17H2,1H3,(H-,31,32,33,34,35,36)/p+1. The van der Waals surface area contributed by atoms with Gasteiger partial charge in [0.2, 0.25) is 11.5 Å². The van der Waals surface area contributed by atoms with E-state index in [-0.39, 0.29) is 18.9 Å². The predicted octanol–water partition coefficient (Wildman–Crippen LogP) is 5.76. The Bertz CT molecular complexity index is 1880. The SMILES string of the molecule is CCC(/C=C1\Oc2ccc(Cl)cc2N1CCCS(=O)(=O)O)=C\c1oc2ccc(-c3cccs3)cc2[n+]1CS(=O)(=O)O. The van der Waals surface area contributed by atoms with Gasteiger partial charge >= 0.3 is 16.0 Å². The molecule has 0 atom stereocenters. The fraction of sp³-hybridized carbons (Fsp3) is 0.222. The maximum atomic E-state index is 12.0. The Morgan fingerprint density at radius 1 is 1.10 bits per heavy atom. The van der Waals surface area contributed by atoms with Gasteiger partial charge in [0.15, 0.2) is 5.75 Å². The van der Waals surface area contributed by atoms with Gasteiger partial charge in [0.25, 0.3) is 21.5 Å². The van der Waals surface area contributed by atoms with E-state index in [1.165, 1.54) is 4.57 Å². The summed E-state index contributed by atoms with van der Waals surface area (Å²) >= 11 is 7.75. The number of thiophene rings is 1. The first-order valence-corrected chi connectivity index (χ1v) is 17.0. The van der Waals surface area contributed by atoms with E-state index in [9.17, 15) is 25.9 Å². The summed E-state index contributed by atoms with van der Waals surface area (Å²) in [5.74, 6) is -0.0238. The van der Waals surface area contributed by atoms with Gasteiger partial charge in [0.05, 0.1) is 17.5 Å².